The molecular formula is C11H20O4. The lowest BCUT2D eigenvalue weighted by atomic mass is 9.82. The van der Waals surface area contributed by atoms with E-state index in [1.807, 2.05) is 13.8 Å². The van der Waals surface area contributed by atoms with Crippen molar-refractivity contribution in [2.24, 2.45) is 5.92 Å². The molecule has 15 heavy (non-hydrogen) atoms. The van der Waals surface area contributed by atoms with E-state index in [4.69, 9.17) is 14.6 Å². The van der Waals surface area contributed by atoms with Crippen molar-refractivity contribution in [1.29, 1.82) is 0 Å². The highest BCUT2D eigenvalue weighted by Gasteiger charge is 2.38. The van der Waals surface area contributed by atoms with Crippen molar-refractivity contribution < 1.29 is 19.4 Å². The maximum atomic E-state index is 10.8. The van der Waals surface area contributed by atoms with Crippen LogP contribution in [0.2, 0.25) is 0 Å². The molecule has 0 aliphatic carbocycles. The van der Waals surface area contributed by atoms with Crippen molar-refractivity contribution in [2.45, 2.75) is 38.7 Å². The standard InChI is InChI=1S/C11H20O4/c1-3-15-11(2,7-10(12)13)9-5-4-6-14-8-9/h9H,3-8H2,1-2H3,(H,12,13). The fraction of sp³-hybridized carbons (Fsp3) is 0.909. The first-order chi connectivity index (χ1) is 7.08. The van der Waals surface area contributed by atoms with Crippen molar-refractivity contribution in [3.63, 3.8) is 0 Å². The summed E-state index contributed by atoms with van der Waals surface area (Å²) < 4.78 is 11.0. The summed E-state index contributed by atoms with van der Waals surface area (Å²) in [5.74, 6) is -0.612. The molecule has 1 fully saturated rings. The monoisotopic (exact) mass is 216 g/mol. The molecule has 0 aromatic carbocycles. The van der Waals surface area contributed by atoms with Crippen LogP contribution in [-0.2, 0) is 14.3 Å². The summed E-state index contributed by atoms with van der Waals surface area (Å²) in [5, 5.41) is 8.89. The van der Waals surface area contributed by atoms with Crippen molar-refractivity contribution in [1.82, 2.24) is 0 Å². The van der Waals surface area contributed by atoms with Gasteiger partial charge >= 0.3 is 5.97 Å². The molecule has 0 spiro atoms. The number of hydrogen-bond acceptors (Lipinski definition) is 3. The van der Waals surface area contributed by atoms with Gasteiger partial charge in [0.15, 0.2) is 0 Å². The molecule has 4 heteroatoms. The Bertz CT molecular complexity index is 211. The van der Waals surface area contributed by atoms with Crippen LogP contribution in [0, 0.1) is 5.92 Å². The van der Waals surface area contributed by atoms with E-state index in [0.717, 1.165) is 19.4 Å². The molecule has 2 unspecified atom stereocenters. The van der Waals surface area contributed by atoms with Gasteiger partial charge in [-0.05, 0) is 26.7 Å². The van der Waals surface area contributed by atoms with Crippen LogP contribution in [0.25, 0.3) is 0 Å². The molecule has 4 nitrogen and oxygen atoms in total. The Balaban J connectivity index is 2.64. The fourth-order valence-electron chi connectivity index (χ4n) is 2.17. The molecule has 1 heterocycles. The molecule has 0 radical (unpaired) electrons. The van der Waals surface area contributed by atoms with E-state index in [2.05, 4.69) is 0 Å². The summed E-state index contributed by atoms with van der Waals surface area (Å²) in [6.45, 7) is 5.71. The SMILES string of the molecule is CCOC(C)(CC(=O)O)C1CCCOC1. The lowest BCUT2D eigenvalue weighted by molar-refractivity contribution is -0.154. The second-order valence-electron chi connectivity index (χ2n) is 4.23. The Morgan fingerprint density at radius 2 is 2.40 bits per heavy atom. The van der Waals surface area contributed by atoms with Gasteiger partial charge in [0.1, 0.15) is 0 Å². The van der Waals surface area contributed by atoms with Crippen LogP contribution in [-0.4, -0.2) is 36.5 Å². The number of rotatable bonds is 5. The smallest absolute Gasteiger partial charge is 0.306 e. The van der Waals surface area contributed by atoms with Crippen LogP contribution in [0.4, 0.5) is 0 Å². The summed E-state index contributed by atoms with van der Waals surface area (Å²) in [6.07, 6.45) is 2.03. The summed E-state index contributed by atoms with van der Waals surface area (Å²) in [5.41, 5.74) is -0.582. The highest BCUT2D eigenvalue weighted by Crippen LogP contribution is 2.32. The minimum absolute atomic E-state index is 0.0505. The second-order valence-corrected chi connectivity index (χ2v) is 4.23. The normalized spacial score (nSPS) is 25.9. The zero-order chi connectivity index (χ0) is 11.3. The summed E-state index contributed by atoms with van der Waals surface area (Å²) >= 11 is 0. The largest absolute Gasteiger partial charge is 0.481 e. The molecule has 0 bridgehead atoms. The van der Waals surface area contributed by atoms with Crippen molar-refractivity contribution in [3.05, 3.63) is 0 Å². The Kier molecular flexibility index (Phi) is 4.54. The van der Waals surface area contributed by atoms with E-state index < -0.39 is 11.6 Å². The maximum absolute atomic E-state index is 10.8. The lowest BCUT2D eigenvalue weighted by Gasteiger charge is -2.38. The van der Waals surface area contributed by atoms with Gasteiger partial charge in [-0.15, -0.1) is 0 Å². The Morgan fingerprint density at radius 1 is 1.67 bits per heavy atom. The molecule has 0 aromatic rings. The van der Waals surface area contributed by atoms with Crippen LogP contribution in [0.15, 0.2) is 0 Å². The quantitative estimate of drug-likeness (QED) is 0.759. The molecule has 1 aliphatic rings. The van der Waals surface area contributed by atoms with Crippen LogP contribution in [0.5, 0.6) is 0 Å². The van der Waals surface area contributed by atoms with Gasteiger partial charge in [-0.3, -0.25) is 4.79 Å². The molecule has 1 N–H and O–H groups in total. The predicted molar refractivity (Wildman–Crippen MR) is 55.8 cm³/mol. The lowest BCUT2D eigenvalue weighted by Crippen LogP contribution is -2.44. The van der Waals surface area contributed by atoms with E-state index in [0.29, 0.717) is 13.2 Å². The molecule has 0 aromatic heterocycles. The van der Waals surface area contributed by atoms with E-state index in [1.54, 1.807) is 0 Å². The molecular weight excluding hydrogens is 196 g/mol. The third kappa shape index (κ3) is 3.47. The van der Waals surface area contributed by atoms with Crippen LogP contribution >= 0.6 is 0 Å². The number of carbonyl (C=O) groups is 1. The van der Waals surface area contributed by atoms with Gasteiger partial charge in [-0.2, -0.15) is 0 Å². The summed E-state index contributed by atoms with van der Waals surface area (Å²) in [4.78, 5) is 10.8. The molecule has 1 aliphatic heterocycles. The Labute approximate surface area is 90.6 Å². The first kappa shape index (κ1) is 12.5. The minimum Gasteiger partial charge on any atom is -0.481 e. The average Bonchev–Trinajstić information content (AvgIpc) is 2.18. The zero-order valence-electron chi connectivity index (χ0n) is 9.49. The van der Waals surface area contributed by atoms with Gasteiger partial charge in [0.25, 0.3) is 0 Å². The zero-order valence-corrected chi connectivity index (χ0v) is 9.49. The number of hydrogen-bond donors (Lipinski definition) is 1. The highest BCUT2D eigenvalue weighted by molar-refractivity contribution is 5.68. The Hall–Kier alpha value is -0.610. The molecule has 1 saturated heterocycles. The van der Waals surface area contributed by atoms with Gasteiger partial charge in [-0.25, -0.2) is 0 Å². The van der Waals surface area contributed by atoms with E-state index in [1.165, 1.54) is 0 Å². The highest BCUT2D eigenvalue weighted by atomic mass is 16.5. The van der Waals surface area contributed by atoms with Crippen molar-refractivity contribution in [3.8, 4) is 0 Å². The maximum Gasteiger partial charge on any atom is 0.306 e. The predicted octanol–water partition coefficient (Wildman–Crippen LogP) is 1.68. The topological polar surface area (TPSA) is 55.8 Å². The van der Waals surface area contributed by atoms with E-state index >= 15 is 0 Å². The van der Waals surface area contributed by atoms with Gasteiger partial charge < -0.3 is 14.6 Å². The van der Waals surface area contributed by atoms with Crippen LogP contribution in [0.3, 0.4) is 0 Å². The van der Waals surface area contributed by atoms with Crippen molar-refractivity contribution >= 4 is 5.97 Å². The summed E-state index contributed by atoms with van der Waals surface area (Å²) in [6, 6.07) is 0. The molecule has 0 saturated carbocycles. The summed E-state index contributed by atoms with van der Waals surface area (Å²) in [7, 11) is 0. The van der Waals surface area contributed by atoms with Gasteiger partial charge in [0.2, 0.25) is 0 Å². The third-order valence-electron chi connectivity index (χ3n) is 3.00. The number of aliphatic carboxylic acids is 1. The number of carboxylic acids is 1. The molecule has 2 atom stereocenters. The van der Waals surface area contributed by atoms with Crippen LogP contribution < -0.4 is 0 Å². The molecule has 1 rings (SSSR count). The number of ether oxygens (including phenoxy) is 2. The van der Waals surface area contributed by atoms with Gasteiger partial charge in [0, 0.05) is 19.1 Å². The molecule has 0 amide bonds. The van der Waals surface area contributed by atoms with Crippen molar-refractivity contribution in [2.75, 3.05) is 19.8 Å². The first-order valence-corrected chi connectivity index (χ1v) is 5.52. The average molecular weight is 216 g/mol. The minimum atomic E-state index is -0.809. The third-order valence-corrected chi connectivity index (χ3v) is 3.00. The molecule has 88 valence electrons. The van der Waals surface area contributed by atoms with E-state index in [9.17, 15) is 4.79 Å². The Morgan fingerprint density at radius 3 is 2.87 bits per heavy atom. The number of carboxylic acid groups (broad SMARTS) is 1. The first-order valence-electron chi connectivity index (χ1n) is 5.52. The van der Waals surface area contributed by atoms with Gasteiger partial charge in [0.05, 0.1) is 18.6 Å². The van der Waals surface area contributed by atoms with Gasteiger partial charge in [-0.1, -0.05) is 0 Å². The second kappa shape index (κ2) is 5.47. The van der Waals surface area contributed by atoms with Crippen LogP contribution in [0.1, 0.15) is 33.1 Å². The fourth-order valence-corrected chi connectivity index (χ4v) is 2.17. The van der Waals surface area contributed by atoms with E-state index in [-0.39, 0.29) is 12.3 Å².